The fraction of sp³-hybridized carbons (Fsp3) is 1.00. The van der Waals surface area contributed by atoms with Gasteiger partial charge in [-0.3, -0.25) is 4.90 Å². The van der Waals surface area contributed by atoms with Gasteiger partial charge >= 0.3 is 0 Å². The first kappa shape index (κ1) is 16.3. The van der Waals surface area contributed by atoms with Crippen LogP contribution in [0.25, 0.3) is 0 Å². The lowest BCUT2D eigenvalue weighted by Crippen LogP contribution is -2.55. The molecule has 1 saturated heterocycles. The highest BCUT2D eigenvalue weighted by Gasteiger charge is 2.39. The minimum Gasteiger partial charge on any atom is -0.326 e. The van der Waals surface area contributed by atoms with Gasteiger partial charge in [-0.05, 0) is 55.9 Å². The van der Waals surface area contributed by atoms with Crippen molar-refractivity contribution in [2.75, 3.05) is 13.1 Å². The molecule has 2 rings (SSSR count). The van der Waals surface area contributed by atoms with Crippen molar-refractivity contribution in [1.82, 2.24) is 4.90 Å². The number of likely N-dealkylation sites (tertiary alicyclic amines) is 1. The highest BCUT2D eigenvalue weighted by molar-refractivity contribution is 4.94. The van der Waals surface area contributed by atoms with Crippen LogP contribution >= 0.6 is 0 Å². The van der Waals surface area contributed by atoms with E-state index in [1.54, 1.807) is 0 Å². The fourth-order valence-electron chi connectivity index (χ4n) is 4.32. The summed E-state index contributed by atoms with van der Waals surface area (Å²) in [4.78, 5) is 2.75. The first-order valence-corrected chi connectivity index (χ1v) is 8.97. The molecule has 20 heavy (non-hydrogen) atoms. The molecule has 1 aliphatic carbocycles. The van der Waals surface area contributed by atoms with Gasteiger partial charge in [0.2, 0.25) is 0 Å². The van der Waals surface area contributed by atoms with E-state index in [-0.39, 0.29) is 0 Å². The molecular weight excluding hydrogens is 244 g/mol. The van der Waals surface area contributed by atoms with Crippen LogP contribution in [0.2, 0.25) is 0 Å². The van der Waals surface area contributed by atoms with Gasteiger partial charge in [-0.2, -0.15) is 0 Å². The molecule has 2 nitrogen and oxygen atoms in total. The summed E-state index contributed by atoms with van der Waals surface area (Å²) in [6.07, 6.45) is 9.33. The Morgan fingerprint density at radius 2 is 1.90 bits per heavy atom. The van der Waals surface area contributed by atoms with Crippen LogP contribution in [0.4, 0.5) is 0 Å². The molecule has 1 saturated carbocycles. The van der Waals surface area contributed by atoms with Gasteiger partial charge in [0, 0.05) is 18.6 Å². The van der Waals surface area contributed by atoms with Crippen molar-refractivity contribution in [2.24, 2.45) is 23.0 Å². The van der Waals surface area contributed by atoms with E-state index in [2.05, 4.69) is 32.6 Å². The summed E-state index contributed by atoms with van der Waals surface area (Å²) in [7, 11) is 0. The second kappa shape index (κ2) is 6.79. The summed E-state index contributed by atoms with van der Waals surface area (Å²) in [6, 6.07) is 1.06. The number of hydrogen-bond acceptors (Lipinski definition) is 2. The van der Waals surface area contributed by atoms with Crippen molar-refractivity contribution in [3.8, 4) is 0 Å². The number of nitrogens with zero attached hydrogens (tertiary/aromatic N) is 1. The van der Waals surface area contributed by atoms with E-state index in [0.717, 1.165) is 11.8 Å². The molecule has 2 fully saturated rings. The maximum Gasteiger partial charge on any atom is 0.0250 e. The molecule has 1 heterocycles. The van der Waals surface area contributed by atoms with E-state index in [1.807, 2.05) is 0 Å². The number of hydrogen-bond donors (Lipinski definition) is 1. The molecule has 0 aromatic rings. The maximum absolute atomic E-state index is 6.50. The third kappa shape index (κ3) is 3.57. The van der Waals surface area contributed by atoms with Crippen LogP contribution in [-0.2, 0) is 0 Å². The summed E-state index contributed by atoms with van der Waals surface area (Å²) in [5.41, 5.74) is 6.99. The van der Waals surface area contributed by atoms with Gasteiger partial charge < -0.3 is 5.73 Å². The lowest BCUT2D eigenvalue weighted by molar-refractivity contribution is 0.0358. The molecular formula is C18H36N2. The predicted octanol–water partition coefficient (Wildman–Crippen LogP) is 4.04. The lowest BCUT2D eigenvalue weighted by atomic mass is 9.67. The molecule has 118 valence electrons. The van der Waals surface area contributed by atoms with Gasteiger partial charge in [0.15, 0.2) is 0 Å². The Labute approximate surface area is 126 Å². The molecule has 0 spiro atoms. The van der Waals surface area contributed by atoms with E-state index in [0.29, 0.717) is 17.5 Å². The molecule has 2 heteroatoms. The van der Waals surface area contributed by atoms with Crippen molar-refractivity contribution in [1.29, 1.82) is 0 Å². The Kier molecular flexibility index (Phi) is 5.53. The van der Waals surface area contributed by atoms with Crippen molar-refractivity contribution in [2.45, 2.75) is 84.7 Å². The number of rotatable bonds is 4. The Morgan fingerprint density at radius 3 is 2.55 bits per heavy atom. The van der Waals surface area contributed by atoms with Crippen molar-refractivity contribution < 1.29 is 0 Å². The average Bonchev–Trinajstić information content (AvgIpc) is 2.47. The summed E-state index contributed by atoms with van der Waals surface area (Å²) in [6.45, 7) is 12.2. The summed E-state index contributed by atoms with van der Waals surface area (Å²) >= 11 is 0. The predicted molar refractivity (Wildman–Crippen MR) is 87.8 cm³/mol. The van der Waals surface area contributed by atoms with Crippen LogP contribution in [0.5, 0.6) is 0 Å². The molecule has 4 atom stereocenters. The van der Waals surface area contributed by atoms with Gasteiger partial charge in [-0.15, -0.1) is 0 Å². The zero-order chi connectivity index (χ0) is 14.8. The number of piperidine rings is 1. The van der Waals surface area contributed by atoms with Crippen LogP contribution < -0.4 is 5.73 Å². The summed E-state index contributed by atoms with van der Waals surface area (Å²) < 4.78 is 0. The van der Waals surface area contributed by atoms with Gasteiger partial charge in [0.05, 0.1) is 0 Å². The van der Waals surface area contributed by atoms with Gasteiger partial charge in [-0.25, -0.2) is 0 Å². The monoisotopic (exact) mass is 280 g/mol. The Balaban J connectivity index is 2.01. The van der Waals surface area contributed by atoms with Crippen LogP contribution in [-0.4, -0.2) is 30.1 Å². The molecule has 0 amide bonds. The molecule has 0 aromatic carbocycles. The largest absolute Gasteiger partial charge is 0.326 e. The zero-order valence-corrected chi connectivity index (χ0v) is 14.2. The summed E-state index contributed by atoms with van der Waals surface area (Å²) in [5.74, 6) is 1.77. The van der Waals surface area contributed by atoms with Crippen LogP contribution in [0.15, 0.2) is 0 Å². The molecule has 0 aromatic heterocycles. The Hall–Kier alpha value is -0.0800. The van der Waals surface area contributed by atoms with E-state index in [1.165, 1.54) is 58.0 Å². The second-order valence-electron chi connectivity index (χ2n) is 7.99. The minimum atomic E-state index is 0.412. The Morgan fingerprint density at radius 1 is 1.15 bits per heavy atom. The molecule has 2 N–H and O–H groups in total. The third-order valence-corrected chi connectivity index (χ3v) is 6.48. The second-order valence-corrected chi connectivity index (χ2v) is 7.99. The average molecular weight is 280 g/mol. The lowest BCUT2D eigenvalue weighted by Gasteiger charge is -2.48. The minimum absolute atomic E-state index is 0.412. The first-order chi connectivity index (χ1) is 9.47. The van der Waals surface area contributed by atoms with E-state index in [9.17, 15) is 0 Å². The van der Waals surface area contributed by atoms with E-state index < -0.39 is 0 Å². The highest BCUT2D eigenvalue weighted by atomic mass is 15.2. The third-order valence-electron chi connectivity index (χ3n) is 6.48. The van der Waals surface area contributed by atoms with Gasteiger partial charge in [0.1, 0.15) is 0 Å². The van der Waals surface area contributed by atoms with Gasteiger partial charge in [0.25, 0.3) is 0 Å². The molecule has 0 bridgehead atoms. The highest BCUT2D eigenvalue weighted by Crippen LogP contribution is 2.42. The zero-order valence-electron chi connectivity index (χ0n) is 14.2. The normalized spacial score (nSPS) is 37.0. The summed E-state index contributed by atoms with van der Waals surface area (Å²) in [5, 5.41) is 0. The van der Waals surface area contributed by atoms with Crippen LogP contribution in [0.1, 0.15) is 72.6 Å². The molecule has 2 aliphatic rings. The quantitative estimate of drug-likeness (QED) is 0.842. The van der Waals surface area contributed by atoms with Crippen LogP contribution in [0.3, 0.4) is 0 Å². The van der Waals surface area contributed by atoms with Crippen LogP contribution in [0, 0.1) is 17.3 Å². The fourth-order valence-corrected chi connectivity index (χ4v) is 4.32. The topological polar surface area (TPSA) is 29.3 Å². The molecule has 0 radical (unpaired) electrons. The molecule has 1 aliphatic heterocycles. The SMILES string of the molecule is CCC1CCCN(C2CC(C(C)(C)CC)CCC2N)C1. The number of nitrogens with two attached hydrogens (primary N) is 1. The first-order valence-electron chi connectivity index (χ1n) is 8.97. The standard InChI is InChI=1S/C18H36N2/c1-5-14-8-7-11-20(13-14)17-12-15(9-10-16(17)19)18(3,4)6-2/h14-17H,5-13,19H2,1-4H3. The van der Waals surface area contributed by atoms with E-state index in [4.69, 9.17) is 5.73 Å². The smallest absolute Gasteiger partial charge is 0.0250 e. The van der Waals surface area contributed by atoms with Gasteiger partial charge in [-0.1, -0.05) is 40.5 Å². The maximum atomic E-state index is 6.50. The Bertz CT molecular complexity index is 300. The van der Waals surface area contributed by atoms with E-state index >= 15 is 0 Å². The van der Waals surface area contributed by atoms with Crippen molar-refractivity contribution in [3.05, 3.63) is 0 Å². The van der Waals surface area contributed by atoms with Crippen molar-refractivity contribution >= 4 is 0 Å². The van der Waals surface area contributed by atoms with Crippen molar-refractivity contribution in [3.63, 3.8) is 0 Å². The molecule has 4 unspecified atom stereocenters.